The van der Waals surface area contributed by atoms with E-state index in [-0.39, 0.29) is 40.7 Å². The normalized spacial score (nSPS) is 12.8. The fraction of sp³-hybridized carbons (Fsp3) is 0.423. The van der Waals surface area contributed by atoms with Crippen molar-refractivity contribution in [3.05, 3.63) is 66.7 Å². The van der Waals surface area contributed by atoms with Crippen LogP contribution in [0.1, 0.15) is 65.3 Å². The van der Waals surface area contributed by atoms with Crippen LogP contribution in [-0.4, -0.2) is 34.0 Å². The van der Waals surface area contributed by atoms with Crippen molar-refractivity contribution in [1.82, 2.24) is 9.66 Å². The van der Waals surface area contributed by atoms with Gasteiger partial charge in [0.05, 0.1) is 35.3 Å². The number of aromatic nitrogens is 2. The zero-order valence-electron chi connectivity index (χ0n) is 21.4. The number of hydrogen-bond acceptors (Lipinski definition) is 7. The summed E-state index contributed by atoms with van der Waals surface area (Å²) < 4.78 is 13.5. The van der Waals surface area contributed by atoms with Crippen LogP contribution in [-0.2, 0) is 0 Å². The number of rotatable bonds is 9. The first kappa shape index (κ1) is 27.3. The highest BCUT2D eigenvalue weighted by atomic mass is 79.9. The Hall–Kier alpha value is -3.27. The summed E-state index contributed by atoms with van der Waals surface area (Å²) in [5.74, 6) is 0.790. The summed E-state index contributed by atoms with van der Waals surface area (Å²) in [4.78, 5) is 29.4. The number of fused-ring (bicyclic) bond motifs is 1. The van der Waals surface area contributed by atoms with Crippen molar-refractivity contribution < 1.29 is 14.4 Å². The largest absolute Gasteiger partial charge is 0.490 e. The van der Waals surface area contributed by atoms with Crippen molar-refractivity contribution in [2.24, 2.45) is 10.5 Å². The summed E-state index contributed by atoms with van der Waals surface area (Å²) in [6, 6.07) is 8.31. The maximum atomic E-state index is 13.4. The van der Waals surface area contributed by atoms with Crippen LogP contribution >= 0.6 is 15.9 Å². The average Bonchev–Trinajstić information content (AvgIpc) is 2.81. The smallest absolute Gasteiger partial charge is 0.315 e. The monoisotopic (exact) mass is 558 g/mol. The van der Waals surface area contributed by atoms with E-state index >= 15 is 0 Å². The lowest BCUT2D eigenvalue weighted by Gasteiger charge is -2.20. The van der Waals surface area contributed by atoms with E-state index in [4.69, 9.17) is 9.47 Å². The van der Waals surface area contributed by atoms with Crippen LogP contribution in [0.4, 0.5) is 5.69 Å². The molecule has 3 rings (SSSR count). The van der Waals surface area contributed by atoms with E-state index in [2.05, 4.69) is 26.0 Å². The fourth-order valence-corrected chi connectivity index (χ4v) is 3.78. The number of halogens is 1. The molecule has 0 N–H and O–H groups in total. The highest BCUT2D eigenvalue weighted by Gasteiger charge is 2.24. The third kappa shape index (κ3) is 6.29. The van der Waals surface area contributed by atoms with Gasteiger partial charge in [-0.3, -0.25) is 14.9 Å². The van der Waals surface area contributed by atoms with Crippen molar-refractivity contribution >= 4 is 38.7 Å². The minimum atomic E-state index is -0.510. The fourth-order valence-electron chi connectivity index (χ4n) is 3.42. The van der Waals surface area contributed by atoms with Gasteiger partial charge in [-0.15, -0.1) is 0 Å². The zero-order valence-corrected chi connectivity index (χ0v) is 23.0. The van der Waals surface area contributed by atoms with E-state index < -0.39 is 4.92 Å². The molecule has 0 spiro atoms. The molecule has 0 aliphatic rings. The quantitative estimate of drug-likeness (QED) is 0.173. The number of benzene rings is 2. The second-order valence-corrected chi connectivity index (χ2v) is 10.6. The molecule has 0 aliphatic carbocycles. The van der Waals surface area contributed by atoms with Crippen molar-refractivity contribution in [3.8, 4) is 11.5 Å². The molecular weight excluding hydrogens is 528 g/mol. The van der Waals surface area contributed by atoms with Gasteiger partial charge in [-0.25, -0.2) is 4.98 Å². The Labute approximate surface area is 218 Å². The van der Waals surface area contributed by atoms with Crippen LogP contribution in [0.2, 0.25) is 0 Å². The molecule has 0 fully saturated rings. The van der Waals surface area contributed by atoms with E-state index in [9.17, 15) is 14.9 Å². The van der Waals surface area contributed by atoms with Crippen molar-refractivity contribution in [2.45, 2.75) is 53.9 Å². The molecule has 0 unspecified atom stereocenters. The molecule has 9 nitrogen and oxygen atoms in total. The SMILES string of the molecule is CCOc1cc(C=Nn2c([C@H](C)CC)nc3ccc(Br)cc3c2=O)cc([N+](=O)[O-])c1OCC(C)(C)C. The van der Waals surface area contributed by atoms with E-state index in [0.717, 1.165) is 10.9 Å². The number of hydrogen-bond donors (Lipinski definition) is 0. The maximum absolute atomic E-state index is 13.4. The molecule has 1 heterocycles. The number of nitro benzene ring substituents is 1. The topological polar surface area (TPSA) is 109 Å². The number of ether oxygens (including phenoxy) is 2. The van der Waals surface area contributed by atoms with Crippen LogP contribution in [0.15, 0.2) is 44.7 Å². The molecule has 1 aromatic heterocycles. The zero-order chi connectivity index (χ0) is 26.6. The van der Waals surface area contributed by atoms with Crippen molar-refractivity contribution in [2.75, 3.05) is 13.2 Å². The molecule has 0 aliphatic heterocycles. The Morgan fingerprint density at radius 1 is 1.22 bits per heavy atom. The van der Waals surface area contributed by atoms with Gasteiger partial charge in [0, 0.05) is 22.0 Å². The lowest BCUT2D eigenvalue weighted by molar-refractivity contribution is -0.386. The van der Waals surface area contributed by atoms with E-state index in [0.29, 0.717) is 28.9 Å². The van der Waals surface area contributed by atoms with Crippen LogP contribution in [0.3, 0.4) is 0 Å². The molecule has 0 amide bonds. The third-order valence-corrected chi connectivity index (χ3v) is 5.91. The second-order valence-electron chi connectivity index (χ2n) is 9.71. The number of nitro groups is 1. The van der Waals surface area contributed by atoms with Gasteiger partial charge in [0.15, 0.2) is 5.75 Å². The average molecular weight is 559 g/mol. The molecule has 36 heavy (non-hydrogen) atoms. The van der Waals surface area contributed by atoms with Crippen LogP contribution in [0.25, 0.3) is 10.9 Å². The highest BCUT2D eigenvalue weighted by Crippen LogP contribution is 2.39. The predicted molar refractivity (Wildman–Crippen MR) is 145 cm³/mol. The summed E-state index contributed by atoms with van der Waals surface area (Å²) in [6.45, 7) is 12.3. The Morgan fingerprint density at radius 2 is 1.94 bits per heavy atom. The summed E-state index contributed by atoms with van der Waals surface area (Å²) in [6.07, 6.45) is 2.16. The first-order chi connectivity index (χ1) is 16.9. The molecule has 2 aromatic carbocycles. The molecule has 192 valence electrons. The van der Waals surface area contributed by atoms with Gasteiger partial charge in [0.2, 0.25) is 5.75 Å². The van der Waals surface area contributed by atoms with Crippen LogP contribution in [0, 0.1) is 15.5 Å². The molecule has 0 saturated heterocycles. The second kappa shape index (κ2) is 11.2. The molecule has 1 atom stereocenters. The van der Waals surface area contributed by atoms with Gasteiger partial charge in [-0.1, -0.05) is 50.5 Å². The number of nitrogens with zero attached hydrogens (tertiary/aromatic N) is 4. The summed E-state index contributed by atoms with van der Waals surface area (Å²) in [5.41, 5.74) is 0.215. The summed E-state index contributed by atoms with van der Waals surface area (Å²) in [7, 11) is 0. The van der Waals surface area contributed by atoms with Gasteiger partial charge >= 0.3 is 5.69 Å². The summed E-state index contributed by atoms with van der Waals surface area (Å²) in [5, 5.41) is 16.7. The molecule has 0 bridgehead atoms. The van der Waals surface area contributed by atoms with E-state index in [1.54, 1.807) is 25.1 Å². The molecule has 10 heteroatoms. The van der Waals surface area contributed by atoms with Gasteiger partial charge < -0.3 is 9.47 Å². The lowest BCUT2D eigenvalue weighted by Crippen LogP contribution is -2.23. The Morgan fingerprint density at radius 3 is 2.56 bits per heavy atom. The minimum Gasteiger partial charge on any atom is -0.490 e. The highest BCUT2D eigenvalue weighted by molar-refractivity contribution is 9.10. The predicted octanol–water partition coefficient (Wildman–Crippen LogP) is 6.29. The van der Waals surface area contributed by atoms with Gasteiger partial charge in [0.25, 0.3) is 5.56 Å². The molecule has 0 radical (unpaired) electrons. The Kier molecular flexibility index (Phi) is 8.50. The van der Waals surface area contributed by atoms with Crippen LogP contribution in [0.5, 0.6) is 11.5 Å². The van der Waals surface area contributed by atoms with E-state index in [1.165, 1.54) is 17.0 Å². The standard InChI is InChI=1S/C26H31BrN4O5/c1-7-16(3)24-29-20-10-9-18(27)13-19(20)25(32)30(24)28-14-17-11-21(31(33)34)23(22(12-17)35-8-2)36-15-26(4,5)6/h9-14,16H,7-8,15H2,1-6H3/t16-/m1/s1. The van der Waals surface area contributed by atoms with Crippen LogP contribution < -0.4 is 15.0 Å². The third-order valence-electron chi connectivity index (χ3n) is 5.41. The van der Waals surface area contributed by atoms with E-state index in [1.807, 2.05) is 40.7 Å². The Balaban J connectivity index is 2.16. The Bertz CT molecular complexity index is 1360. The first-order valence-electron chi connectivity index (χ1n) is 11.8. The summed E-state index contributed by atoms with van der Waals surface area (Å²) >= 11 is 3.40. The minimum absolute atomic E-state index is 0.0376. The first-order valence-corrected chi connectivity index (χ1v) is 12.6. The van der Waals surface area contributed by atoms with Gasteiger partial charge in [0.1, 0.15) is 5.82 Å². The molecule has 0 saturated carbocycles. The van der Waals surface area contributed by atoms with Gasteiger partial charge in [-0.2, -0.15) is 9.78 Å². The van der Waals surface area contributed by atoms with Crippen molar-refractivity contribution in [3.63, 3.8) is 0 Å². The molecule has 3 aromatic rings. The molecular formula is C26H31BrN4O5. The van der Waals surface area contributed by atoms with Gasteiger partial charge in [-0.05, 0) is 43.0 Å². The maximum Gasteiger partial charge on any atom is 0.315 e. The lowest BCUT2D eigenvalue weighted by atomic mass is 9.98. The van der Waals surface area contributed by atoms with Crippen molar-refractivity contribution in [1.29, 1.82) is 0 Å².